The molecule has 1 rings (SSSR count). The van der Waals surface area contributed by atoms with Gasteiger partial charge in [-0.3, -0.25) is 0 Å². The van der Waals surface area contributed by atoms with Crippen molar-refractivity contribution in [3.63, 3.8) is 0 Å². The highest BCUT2D eigenvalue weighted by atomic mass is 16.5. The largest absolute Gasteiger partial charge is 0.385 e. The predicted octanol–water partition coefficient (Wildman–Crippen LogP) is 2.93. The second kappa shape index (κ2) is 7.29. The van der Waals surface area contributed by atoms with Crippen LogP contribution < -0.4 is 5.32 Å². The van der Waals surface area contributed by atoms with E-state index in [-0.39, 0.29) is 0 Å². The maximum absolute atomic E-state index is 5.21. The van der Waals surface area contributed by atoms with E-state index < -0.39 is 0 Å². The second-order valence-electron chi connectivity index (χ2n) is 5.66. The summed E-state index contributed by atoms with van der Waals surface area (Å²) >= 11 is 0. The molecule has 0 spiro atoms. The summed E-state index contributed by atoms with van der Waals surface area (Å²) in [7, 11) is 3.89. The van der Waals surface area contributed by atoms with Crippen LogP contribution in [-0.2, 0) is 4.74 Å². The van der Waals surface area contributed by atoms with Crippen LogP contribution in [0.3, 0.4) is 0 Å². The van der Waals surface area contributed by atoms with Crippen molar-refractivity contribution in [3.8, 4) is 0 Å². The fourth-order valence-electron chi connectivity index (χ4n) is 3.22. The Balaban J connectivity index is 2.48. The molecule has 2 nitrogen and oxygen atoms in total. The number of methoxy groups -OCH3 is 1. The van der Waals surface area contributed by atoms with Crippen molar-refractivity contribution in [1.82, 2.24) is 5.32 Å². The molecule has 0 bridgehead atoms. The summed E-state index contributed by atoms with van der Waals surface area (Å²) in [4.78, 5) is 0. The smallest absolute Gasteiger partial charge is 0.0464 e. The molecular formula is C14H29NO. The lowest BCUT2D eigenvalue weighted by molar-refractivity contribution is 0.102. The van der Waals surface area contributed by atoms with Crippen LogP contribution in [0.1, 0.15) is 39.5 Å². The van der Waals surface area contributed by atoms with E-state index in [1.165, 1.54) is 32.2 Å². The summed E-state index contributed by atoms with van der Waals surface area (Å²) in [5.74, 6) is 3.50. The summed E-state index contributed by atoms with van der Waals surface area (Å²) in [6.45, 7) is 6.92. The molecule has 0 radical (unpaired) electrons. The lowest BCUT2D eigenvalue weighted by atomic mass is 9.69. The van der Waals surface area contributed by atoms with E-state index >= 15 is 0 Å². The molecule has 0 aromatic rings. The van der Waals surface area contributed by atoms with Crippen LogP contribution in [0.2, 0.25) is 0 Å². The number of hydrogen-bond donors (Lipinski definition) is 1. The van der Waals surface area contributed by atoms with Crippen molar-refractivity contribution in [2.45, 2.75) is 39.5 Å². The molecule has 4 unspecified atom stereocenters. The highest BCUT2D eigenvalue weighted by molar-refractivity contribution is 4.82. The van der Waals surface area contributed by atoms with Crippen LogP contribution in [0.4, 0.5) is 0 Å². The normalized spacial score (nSPS) is 32.6. The SMILES string of the molecule is CNCC1CCC(C)CC1C(C)CCOC. The summed E-state index contributed by atoms with van der Waals surface area (Å²) in [6, 6.07) is 0. The molecular weight excluding hydrogens is 198 g/mol. The minimum atomic E-state index is 0.807. The molecule has 4 atom stereocenters. The van der Waals surface area contributed by atoms with Crippen molar-refractivity contribution in [2.24, 2.45) is 23.7 Å². The maximum Gasteiger partial charge on any atom is 0.0464 e. The first-order valence-electron chi connectivity index (χ1n) is 6.82. The molecule has 2 heteroatoms. The zero-order valence-electron chi connectivity index (χ0n) is 11.5. The fraction of sp³-hybridized carbons (Fsp3) is 1.00. The quantitative estimate of drug-likeness (QED) is 0.753. The third kappa shape index (κ3) is 4.06. The molecule has 0 saturated heterocycles. The van der Waals surface area contributed by atoms with Gasteiger partial charge in [-0.05, 0) is 56.5 Å². The van der Waals surface area contributed by atoms with Crippen LogP contribution in [0.25, 0.3) is 0 Å². The van der Waals surface area contributed by atoms with E-state index in [1.807, 2.05) is 0 Å². The van der Waals surface area contributed by atoms with Crippen LogP contribution in [-0.4, -0.2) is 27.3 Å². The Kier molecular flexibility index (Phi) is 6.37. The van der Waals surface area contributed by atoms with Gasteiger partial charge in [0.1, 0.15) is 0 Å². The van der Waals surface area contributed by atoms with Gasteiger partial charge in [-0.1, -0.05) is 20.3 Å². The standard InChI is InChI=1S/C14H29NO/c1-11-5-6-13(10-15-3)14(9-11)12(2)7-8-16-4/h11-15H,5-10H2,1-4H3. The molecule has 1 saturated carbocycles. The average Bonchev–Trinajstić information content (AvgIpc) is 2.28. The summed E-state index contributed by atoms with van der Waals surface area (Å²) in [5, 5.41) is 3.36. The van der Waals surface area contributed by atoms with Crippen molar-refractivity contribution >= 4 is 0 Å². The molecule has 1 aliphatic rings. The Hall–Kier alpha value is -0.0800. The summed E-state index contributed by atoms with van der Waals surface area (Å²) < 4.78 is 5.21. The van der Waals surface area contributed by atoms with Crippen LogP contribution in [0, 0.1) is 23.7 Å². The molecule has 1 fully saturated rings. The summed E-state index contributed by atoms with van der Waals surface area (Å²) in [5.41, 5.74) is 0. The first-order valence-corrected chi connectivity index (χ1v) is 6.82. The lowest BCUT2D eigenvalue weighted by Crippen LogP contribution is -2.35. The van der Waals surface area contributed by atoms with Crippen molar-refractivity contribution in [3.05, 3.63) is 0 Å². The Morgan fingerprint density at radius 3 is 2.75 bits per heavy atom. The molecule has 1 N–H and O–H groups in total. The average molecular weight is 227 g/mol. The van der Waals surface area contributed by atoms with E-state index in [1.54, 1.807) is 7.11 Å². The summed E-state index contributed by atoms with van der Waals surface area (Å²) in [6.07, 6.45) is 5.45. The molecule has 0 aliphatic heterocycles. The van der Waals surface area contributed by atoms with Crippen molar-refractivity contribution in [2.75, 3.05) is 27.3 Å². The first kappa shape index (κ1) is 14.0. The third-order valence-corrected chi connectivity index (χ3v) is 4.28. The number of ether oxygens (including phenoxy) is 1. The molecule has 1 aliphatic carbocycles. The number of nitrogens with one attached hydrogen (secondary N) is 1. The van der Waals surface area contributed by atoms with E-state index in [0.717, 1.165) is 30.3 Å². The van der Waals surface area contributed by atoms with Crippen LogP contribution in [0.5, 0.6) is 0 Å². The van der Waals surface area contributed by atoms with E-state index in [2.05, 4.69) is 26.2 Å². The highest BCUT2D eigenvalue weighted by Crippen LogP contribution is 2.38. The topological polar surface area (TPSA) is 21.3 Å². The molecule has 16 heavy (non-hydrogen) atoms. The predicted molar refractivity (Wildman–Crippen MR) is 69.6 cm³/mol. The third-order valence-electron chi connectivity index (χ3n) is 4.28. The van der Waals surface area contributed by atoms with Gasteiger partial charge in [0.05, 0.1) is 0 Å². The molecule has 96 valence electrons. The Bertz CT molecular complexity index is 184. The zero-order chi connectivity index (χ0) is 12.0. The van der Waals surface area contributed by atoms with Gasteiger partial charge in [0.2, 0.25) is 0 Å². The Morgan fingerprint density at radius 2 is 2.12 bits per heavy atom. The number of rotatable bonds is 6. The van der Waals surface area contributed by atoms with Crippen LogP contribution in [0.15, 0.2) is 0 Å². The highest BCUT2D eigenvalue weighted by Gasteiger charge is 2.31. The fourth-order valence-corrected chi connectivity index (χ4v) is 3.22. The molecule has 0 aromatic heterocycles. The number of hydrogen-bond acceptors (Lipinski definition) is 2. The van der Waals surface area contributed by atoms with Gasteiger partial charge in [-0.25, -0.2) is 0 Å². The van der Waals surface area contributed by atoms with Gasteiger partial charge in [-0.2, -0.15) is 0 Å². The second-order valence-corrected chi connectivity index (χ2v) is 5.66. The molecule has 0 aromatic carbocycles. The molecule has 0 amide bonds. The van der Waals surface area contributed by atoms with Gasteiger partial charge in [0, 0.05) is 13.7 Å². The van der Waals surface area contributed by atoms with E-state index in [9.17, 15) is 0 Å². The van der Waals surface area contributed by atoms with E-state index in [4.69, 9.17) is 4.74 Å². The first-order chi connectivity index (χ1) is 7.69. The van der Waals surface area contributed by atoms with Crippen molar-refractivity contribution < 1.29 is 4.74 Å². The van der Waals surface area contributed by atoms with E-state index in [0.29, 0.717) is 0 Å². The minimum absolute atomic E-state index is 0.807. The van der Waals surface area contributed by atoms with Gasteiger partial charge in [0.15, 0.2) is 0 Å². The van der Waals surface area contributed by atoms with Crippen LogP contribution >= 0.6 is 0 Å². The van der Waals surface area contributed by atoms with Gasteiger partial charge >= 0.3 is 0 Å². The van der Waals surface area contributed by atoms with Crippen molar-refractivity contribution in [1.29, 1.82) is 0 Å². The van der Waals surface area contributed by atoms with Gasteiger partial charge in [0.25, 0.3) is 0 Å². The zero-order valence-corrected chi connectivity index (χ0v) is 11.5. The monoisotopic (exact) mass is 227 g/mol. The molecule has 0 heterocycles. The Morgan fingerprint density at radius 1 is 1.38 bits per heavy atom. The minimum Gasteiger partial charge on any atom is -0.385 e. The Labute approximate surface area is 101 Å². The maximum atomic E-state index is 5.21. The van der Waals surface area contributed by atoms with Gasteiger partial charge < -0.3 is 10.1 Å². The lowest BCUT2D eigenvalue weighted by Gasteiger charge is -2.38. The van der Waals surface area contributed by atoms with Gasteiger partial charge in [-0.15, -0.1) is 0 Å².